The van der Waals surface area contributed by atoms with Crippen molar-refractivity contribution >= 4 is 27.5 Å². The molecule has 0 unspecified atom stereocenters. The molecule has 0 atom stereocenters. The van der Waals surface area contributed by atoms with Gasteiger partial charge in [0.05, 0.1) is 30.5 Å². The summed E-state index contributed by atoms with van der Waals surface area (Å²) in [5, 5.41) is 0. The van der Waals surface area contributed by atoms with Gasteiger partial charge in [0, 0.05) is 19.2 Å². The summed E-state index contributed by atoms with van der Waals surface area (Å²) in [7, 11) is 1.58. The molecule has 0 radical (unpaired) electrons. The SMILES string of the molecule is CCOCCn1c(=NC(=O)COc2cccc(OC)c2)sc2cc(OCC)ccc21. The number of ether oxygens (including phenoxy) is 4. The Morgan fingerprint density at radius 3 is 2.60 bits per heavy atom. The number of carbonyl (C=O) groups excluding carboxylic acids is 1. The van der Waals surface area contributed by atoms with Crippen molar-refractivity contribution < 1.29 is 23.7 Å². The van der Waals surface area contributed by atoms with E-state index >= 15 is 0 Å². The highest BCUT2D eigenvalue weighted by molar-refractivity contribution is 7.16. The van der Waals surface area contributed by atoms with Gasteiger partial charge < -0.3 is 23.5 Å². The highest BCUT2D eigenvalue weighted by atomic mass is 32.1. The Labute approximate surface area is 179 Å². The topological polar surface area (TPSA) is 71.3 Å². The van der Waals surface area contributed by atoms with Crippen molar-refractivity contribution in [3.63, 3.8) is 0 Å². The Hall–Kier alpha value is -2.84. The van der Waals surface area contributed by atoms with E-state index in [4.69, 9.17) is 18.9 Å². The maximum Gasteiger partial charge on any atom is 0.286 e. The first-order chi connectivity index (χ1) is 14.6. The van der Waals surface area contributed by atoms with E-state index in [0.29, 0.717) is 42.7 Å². The lowest BCUT2D eigenvalue weighted by Crippen LogP contribution is -2.21. The first-order valence-electron chi connectivity index (χ1n) is 9.83. The van der Waals surface area contributed by atoms with Gasteiger partial charge in [0.25, 0.3) is 5.91 Å². The molecule has 8 heteroatoms. The van der Waals surface area contributed by atoms with Crippen LogP contribution in [0.4, 0.5) is 0 Å². The molecule has 0 aliphatic rings. The van der Waals surface area contributed by atoms with Crippen LogP contribution < -0.4 is 19.0 Å². The van der Waals surface area contributed by atoms with Gasteiger partial charge in [0.2, 0.25) is 0 Å². The lowest BCUT2D eigenvalue weighted by atomic mass is 10.3. The van der Waals surface area contributed by atoms with E-state index in [1.54, 1.807) is 25.3 Å². The van der Waals surface area contributed by atoms with Crippen molar-refractivity contribution in [1.82, 2.24) is 4.57 Å². The number of hydrogen-bond donors (Lipinski definition) is 0. The standard InChI is InChI=1S/C22H26N2O5S/c1-4-27-12-11-24-19-10-9-18(28-5-2)14-20(19)30-22(24)23-21(25)15-29-17-8-6-7-16(13-17)26-3/h6-10,13-14H,4-5,11-12,15H2,1-3H3. The Kier molecular flexibility index (Phi) is 7.87. The third-order valence-electron chi connectivity index (χ3n) is 4.25. The summed E-state index contributed by atoms with van der Waals surface area (Å²) in [6.07, 6.45) is 0. The van der Waals surface area contributed by atoms with Crippen LogP contribution >= 0.6 is 11.3 Å². The van der Waals surface area contributed by atoms with Crippen molar-refractivity contribution in [3.8, 4) is 17.2 Å². The largest absolute Gasteiger partial charge is 0.497 e. The summed E-state index contributed by atoms with van der Waals surface area (Å²) in [6.45, 7) is 6.12. The van der Waals surface area contributed by atoms with E-state index in [1.165, 1.54) is 11.3 Å². The first-order valence-corrected chi connectivity index (χ1v) is 10.6. The van der Waals surface area contributed by atoms with Crippen molar-refractivity contribution in [3.05, 3.63) is 47.3 Å². The van der Waals surface area contributed by atoms with E-state index in [9.17, 15) is 4.79 Å². The van der Waals surface area contributed by atoms with Gasteiger partial charge in [-0.2, -0.15) is 4.99 Å². The molecule has 0 saturated carbocycles. The van der Waals surface area contributed by atoms with Crippen molar-refractivity contribution in [2.24, 2.45) is 4.99 Å². The number of fused-ring (bicyclic) bond motifs is 1. The number of nitrogens with zero attached hydrogens (tertiary/aromatic N) is 2. The lowest BCUT2D eigenvalue weighted by molar-refractivity contribution is -0.120. The number of hydrogen-bond acceptors (Lipinski definition) is 6. The Morgan fingerprint density at radius 1 is 1.03 bits per heavy atom. The molecule has 3 aromatic rings. The molecule has 0 N–H and O–H groups in total. The number of benzene rings is 2. The Morgan fingerprint density at radius 2 is 1.83 bits per heavy atom. The van der Waals surface area contributed by atoms with E-state index in [1.807, 2.05) is 42.7 Å². The molecule has 1 amide bonds. The first kappa shape index (κ1) is 21.9. The van der Waals surface area contributed by atoms with Crippen LogP contribution in [0, 0.1) is 0 Å². The fourth-order valence-corrected chi connectivity index (χ4v) is 3.99. The van der Waals surface area contributed by atoms with Gasteiger partial charge in [-0.1, -0.05) is 17.4 Å². The molecule has 2 aromatic carbocycles. The molecule has 0 fully saturated rings. The van der Waals surface area contributed by atoms with Crippen LogP contribution in [0.2, 0.25) is 0 Å². The van der Waals surface area contributed by atoms with Crippen LogP contribution in [0.25, 0.3) is 10.2 Å². The fourth-order valence-electron chi connectivity index (χ4n) is 2.89. The van der Waals surface area contributed by atoms with Gasteiger partial charge in [-0.05, 0) is 44.2 Å². The molecule has 1 heterocycles. The third kappa shape index (κ3) is 5.61. The highest BCUT2D eigenvalue weighted by Crippen LogP contribution is 2.23. The van der Waals surface area contributed by atoms with Crippen LogP contribution in [0.1, 0.15) is 13.8 Å². The van der Waals surface area contributed by atoms with Crippen LogP contribution in [0.3, 0.4) is 0 Å². The van der Waals surface area contributed by atoms with Crippen LogP contribution in [-0.4, -0.2) is 44.0 Å². The minimum atomic E-state index is -0.362. The van der Waals surface area contributed by atoms with Gasteiger partial charge >= 0.3 is 0 Å². The summed E-state index contributed by atoms with van der Waals surface area (Å²) in [5.74, 6) is 1.65. The van der Waals surface area contributed by atoms with Crippen LogP contribution in [-0.2, 0) is 16.1 Å². The van der Waals surface area contributed by atoms with Crippen molar-refractivity contribution in [1.29, 1.82) is 0 Å². The second-order valence-corrected chi connectivity index (χ2v) is 7.28. The molecule has 0 bridgehead atoms. The Bertz CT molecular complexity index is 1060. The minimum Gasteiger partial charge on any atom is -0.497 e. The molecule has 30 heavy (non-hydrogen) atoms. The van der Waals surface area contributed by atoms with Gasteiger partial charge in [-0.3, -0.25) is 4.79 Å². The summed E-state index contributed by atoms with van der Waals surface area (Å²) in [6, 6.07) is 13.0. The van der Waals surface area contributed by atoms with Crippen molar-refractivity contribution in [2.45, 2.75) is 20.4 Å². The summed E-state index contributed by atoms with van der Waals surface area (Å²) in [4.78, 5) is 17.4. The number of carbonyl (C=O) groups is 1. The van der Waals surface area contributed by atoms with Gasteiger partial charge in [0.15, 0.2) is 11.4 Å². The van der Waals surface area contributed by atoms with E-state index < -0.39 is 0 Å². The smallest absolute Gasteiger partial charge is 0.286 e. The average Bonchev–Trinajstić information content (AvgIpc) is 3.09. The molecular formula is C22H26N2O5S. The molecular weight excluding hydrogens is 404 g/mol. The van der Waals surface area contributed by atoms with Crippen LogP contribution in [0.15, 0.2) is 47.5 Å². The van der Waals surface area contributed by atoms with E-state index in [2.05, 4.69) is 4.99 Å². The number of rotatable bonds is 10. The zero-order valence-electron chi connectivity index (χ0n) is 17.4. The van der Waals surface area contributed by atoms with Gasteiger partial charge in [-0.15, -0.1) is 0 Å². The molecule has 0 aliphatic carbocycles. The minimum absolute atomic E-state index is 0.156. The summed E-state index contributed by atoms with van der Waals surface area (Å²) < 4.78 is 24.8. The normalized spacial score (nSPS) is 11.6. The quantitative estimate of drug-likeness (QED) is 0.459. The fraction of sp³-hybridized carbons (Fsp3) is 0.364. The maximum absolute atomic E-state index is 12.5. The number of aromatic nitrogens is 1. The van der Waals surface area contributed by atoms with Gasteiger partial charge in [-0.25, -0.2) is 0 Å². The van der Waals surface area contributed by atoms with Crippen LogP contribution in [0.5, 0.6) is 17.2 Å². The molecule has 0 spiro atoms. The maximum atomic E-state index is 12.5. The predicted octanol–water partition coefficient (Wildman–Crippen LogP) is 3.65. The highest BCUT2D eigenvalue weighted by Gasteiger charge is 2.10. The number of amides is 1. The Balaban J connectivity index is 1.84. The second-order valence-electron chi connectivity index (χ2n) is 6.27. The zero-order chi connectivity index (χ0) is 21.3. The second kappa shape index (κ2) is 10.8. The molecule has 160 valence electrons. The average molecular weight is 431 g/mol. The zero-order valence-corrected chi connectivity index (χ0v) is 18.2. The third-order valence-corrected chi connectivity index (χ3v) is 5.29. The lowest BCUT2D eigenvalue weighted by Gasteiger charge is -2.07. The molecule has 1 aromatic heterocycles. The molecule has 3 rings (SSSR count). The monoisotopic (exact) mass is 430 g/mol. The summed E-state index contributed by atoms with van der Waals surface area (Å²) >= 11 is 1.44. The van der Waals surface area contributed by atoms with E-state index in [-0.39, 0.29) is 12.5 Å². The molecule has 0 aliphatic heterocycles. The van der Waals surface area contributed by atoms with E-state index in [0.717, 1.165) is 16.0 Å². The predicted molar refractivity (Wildman–Crippen MR) is 117 cm³/mol. The number of thiazole rings is 1. The van der Waals surface area contributed by atoms with Gasteiger partial charge in [0.1, 0.15) is 17.2 Å². The molecule has 7 nitrogen and oxygen atoms in total. The summed E-state index contributed by atoms with van der Waals surface area (Å²) in [5.41, 5.74) is 0.989. The molecule has 0 saturated heterocycles. The van der Waals surface area contributed by atoms with Crippen molar-refractivity contribution in [2.75, 3.05) is 33.5 Å². The number of methoxy groups -OCH3 is 1.